The van der Waals surface area contributed by atoms with Crippen LogP contribution in [-0.4, -0.2) is 112 Å². The van der Waals surface area contributed by atoms with E-state index in [9.17, 15) is 24.3 Å². The second-order valence-corrected chi connectivity index (χ2v) is 11.4. The van der Waals surface area contributed by atoms with Crippen molar-refractivity contribution in [2.45, 2.75) is 36.5 Å². The molecule has 2 aliphatic heterocycles. The minimum Gasteiger partial charge on any atom is -0.481 e. The Morgan fingerprint density at radius 3 is 2.85 bits per heavy atom. The molecule has 0 saturated carbocycles. The lowest BCUT2D eigenvalue weighted by Gasteiger charge is -2.53. The van der Waals surface area contributed by atoms with Crippen molar-refractivity contribution in [1.82, 2.24) is 45.1 Å². The third kappa shape index (κ3) is 6.22. The highest BCUT2D eigenvalue weighted by molar-refractivity contribution is 8.00. The number of hydrogen-bond acceptors (Lipinski definition) is 15. The predicted molar refractivity (Wildman–Crippen MR) is 140 cm³/mol. The van der Waals surface area contributed by atoms with Gasteiger partial charge in [-0.05, 0) is 16.8 Å². The quantitative estimate of drug-likeness (QED) is 0.0696. The van der Waals surface area contributed by atoms with Crippen LogP contribution in [0.4, 0.5) is 5.13 Å². The van der Waals surface area contributed by atoms with Crippen LogP contribution >= 0.6 is 35.1 Å². The van der Waals surface area contributed by atoms with Crippen molar-refractivity contribution in [1.29, 1.82) is 0 Å². The second kappa shape index (κ2) is 12.1. The van der Waals surface area contributed by atoms with Gasteiger partial charge in [0.2, 0.25) is 28.5 Å². The number of carbonyl (C=O) groups excluding carboxylic acids is 3. The van der Waals surface area contributed by atoms with Crippen LogP contribution in [0.2, 0.25) is 0 Å². The third-order valence-corrected chi connectivity index (χ3v) is 9.21. The summed E-state index contributed by atoms with van der Waals surface area (Å²) in [7, 11) is 1.25. The zero-order valence-corrected chi connectivity index (χ0v) is 23.2. The highest BCUT2D eigenvalue weighted by Crippen LogP contribution is 2.44. The number of nitrogens with one attached hydrogen (secondary N) is 2. The fraction of sp³-hybridized carbons (Fsp3) is 0.579. The summed E-state index contributed by atoms with van der Waals surface area (Å²) in [6, 6.07) is -0.879. The molecule has 2 saturated heterocycles. The maximum absolute atomic E-state index is 13.0. The van der Waals surface area contributed by atoms with Crippen LogP contribution in [-0.2, 0) is 30.6 Å². The van der Waals surface area contributed by atoms with Crippen molar-refractivity contribution in [3.05, 3.63) is 5.82 Å². The number of fused-ring (bicyclic) bond motifs is 1. The SMILES string of the molecule is CON=C(C(=O)NC1C(=O)N2CC(CSc3nnnn3CCCNC(C)=O)(C(=O)O)CS[C@H]12)c1nsc(N)n1. The molecule has 39 heavy (non-hydrogen) atoms. The van der Waals surface area contributed by atoms with Gasteiger partial charge in [-0.15, -0.1) is 16.9 Å². The van der Waals surface area contributed by atoms with E-state index in [2.05, 4.69) is 40.7 Å². The van der Waals surface area contributed by atoms with Gasteiger partial charge in [-0.1, -0.05) is 16.9 Å². The Kier molecular flexibility index (Phi) is 8.85. The molecule has 20 heteroatoms. The lowest BCUT2D eigenvalue weighted by molar-refractivity contribution is -0.157. The standard InChI is InChI=1S/C19H25N11O6S3/c1-9(31)21-4-3-5-30-18(24-27-28-30)38-8-19(16(34)35)6-29-14(33)11(15(29)37-7-19)22-13(32)10(25-36-2)12-23-17(20)39-26-12/h11,15H,3-8H2,1-2H3,(H,21,31)(H,22,32)(H,34,35)(H2,20,23,26)/t11?,15-,19?/m1/s1. The molecule has 2 aromatic rings. The van der Waals surface area contributed by atoms with Crippen molar-refractivity contribution >= 4 is 69.6 Å². The minimum absolute atomic E-state index is 0.0313. The summed E-state index contributed by atoms with van der Waals surface area (Å²) in [6.07, 6.45) is 0.595. The number of amides is 3. The molecule has 0 aliphatic carbocycles. The number of aliphatic carboxylic acids is 1. The van der Waals surface area contributed by atoms with Gasteiger partial charge < -0.3 is 31.2 Å². The fourth-order valence-corrected chi connectivity index (χ4v) is 7.06. The smallest absolute Gasteiger partial charge is 0.313 e. The molecule has 2 unspecified atom stereocenters. The van der Waals surface area contributed by atoms with Crippen LogP contribution in [0.25, 0.3) is 0 Å². The molecule has 0 radical (unpaired) electrons. The number of anilines is 1. The monoisotopic (exact) mass is 599 g/mol. The van der Waals surface area contributed by atoms with Gasteiger partial charge in [-0.2, -0.15) is 9.36 Å². The number of thioether (sulfide) groups is 2. The number of nitrogens with zero attached hydrogens (tertiary/aromatic N) is 8. The number of rotatable bonds is 12. The number of β-lactam (4-membered cyclic amide) rings is 1. The van der Waals surface area contributed by atoms with E-state index in [-0.39, 0.29) is 40.6 Å². The number of carboxylic acid groups (broad SMARTS) is 1. The molecular weight excluding hydrogens is 574 g/mol. The first-order valence-corrected chi connectivity index (χ1v) is 14.3. The Balaban J connectivity index is 1.37. The average Bonchev–Trinajstić information content (AvgIpc) is 3.55. The van der Waals surface area contributed by atoms with E-state index in [1.807, 2.05) is 0 Å². The molecule has 0 aromatic carbocycles. The first-order chi connectivity index (χ1) is 18.6. The number of oxime groups is 1. The van der Waals surface area contributed by atoms with Crippen molar-refractivity contribution in [2.24, 2.45) is 10.6 Å². The minimum atomic E-state index is -1.26. The van der Waals surface area contributed by atoms with Gasteiger partial charge in [-0.3, -0.25) is 19.2 Å². The van der Waals surface area contributed by atoms with Crippen molar-refractivity contribution in [3.63, 3.8) is 0 Å². The van der Waals surface area contributed by atoms with E-state index in [1.165, 1.54) is 42.5 Å². The molecule has 5 N–H and O–H groups in total. The van der Waals surface area contributed by atoms with Crippen molar-refractivity contribution in [3.8, 4) is 0 Å². The zero-order valence-electron chi connectivity index (χ0n) is 20.8. The number of nitrogen functional groups attached to an aromatic ring is 1. The summed E-state index contributed by atoms with van der Waals surface area (Å²) in [5, 5.41) is 30.8. The molecule has 0 spiro atoms. The molecule has 2 aromatic heterocycles. The molecule has 4 rings (SSSR count). The van der Waals surface area contributed by atoms with Crippen LogP contribution in [0.15, 0.2) is 10.3 Å². The Bertz CT molecular complexity index is 1290. The summed E-state index contributed by atoms with van der Waals surface area (Å²) in [5.41, 5.74) is 4.10. The van der Waals surface area contributed by atoms with E-state index >= 15 is 0 Å². The maximum atomic E-state index is 13.0. The molecule has 3 atom stereocenters. The highest BCUT2D eigenvalue weighted by atomic mass is 32.2. The summed E-state index contributed by atoms with van der Waals surface area (Å²) in [5.74, 6) is -2.03. The lowest BCUT2D eigenvalue weighted by atomic mass is 9.89. The molecule has 210 valence electrons. The topological polar surface area (TPSA) is 233 Å². The van der Waals surface area contributed by atoms with Crippen LogP contribution in [0.3, 0.4) is 0 Å². The van der Waals surface area contributed by atoms with Gasteiger partial charge >= 0.3 is 5.97 Å². The number of aromatic nitrogens is 6. The number of hydrogen-bond donors (Lipinski definition) is 4. The van der Waals surface area contributed by atoms with E-state index < -0.39 is 34.6 Å². The summed E-state index contributed by atoms with van der Waals surface area (Å²) in [4.78, 5) is 59.3. The normalized spacial score (nSPS) is 22.6. The van der Waals surface area contributed by atoms with Gasteiger partial charge in [0.1, 0.15) is 23.9 Å². The van der Waals surface area contributed by atoms with Gasteiger partial charge in [0.15, 0.2) is 5.13 Å². The van der Waals surface area contributed by atoms with E-state index in [0.717, 1.165) is 11.5 Å². The Hall–Kier alpha value is -3.52. The first-order valence-electron chi connectivity index (χ1n) is 11.5. The zero-order chi connectivity index (χ0) is 28.2. The van der Waals surface area contributed by atoms with Crippen molar-refractivity contribution < 1.29 is 29.1 Å². The predicted octanol–water partition coefficient (Wildman–Crippen LogP) is -1.75. The summed E-state index contributed by atoms with van der Waals surface area (Å²) in [6.45, 7) is 2.29. The molecule has 2 aliphatic rings. The van der Waals surface area contributed by atoms with E-state index in [1.54, 1.807) is 4.68 Å². The fourth-order valence-electron chi connectivity index (χ4n) is 3.86. The average molecular weight is 600 g/mol. The number of carboxylic acids is 1. The molecular formula is C19H25N11O6S3. The maximum Gasteiger partial charge on any atom is 0.313 e. The first kappa shape index (κ1) is 28.5. The van der Waals surface area contributed by atoms with Gasteiger partial charge in [-0.25, -0.2) is 4.68 Å². The number of carbonyl (C=O) groups is 4. The van der Waals surface area contributed by atoms with Gasteiger partial charge in [0.05, 0.1) is 0 Å². The summed E-state index contributed by atoms with van der Waals surface area (Å²) < 4.78 is 5.50. The van der Waals surface area contributed by atoms with Gasteiger partial charge in [0.25, 0.3) is 5.91 Å². The molecule has 4 heterocycles. The van der Waals surface area contributed by atoms with E-state index in [4.69, 9.17) is 10.6 Å². The number of nitrogens with two attached hydrogens (primary N) is 1. The number of tetrazole rings is 1. The highest BCUT2D eigenvalue weighted by Gasteiger charge is 2.57. The van der Waals surface area contributed by atoms with Crippen LogP contribution < -0.4 is 16.4 Å². The Morgan fingerprint density at radius 2 is 2.18 bits per heavy atom. The van der Waals surface area contributed by atoms with Crippen LogP contribution in [0.1, 0.15) is 19.2 Å². The Morgan fingerprint density at radius 1 is 1.38 bits per heavy atom. The molecule has 0 bridgehead atoms. The third-order valence-electron chi connectivity index (χ3n) is 5.83. The lowest BCUT2D eigenvalue weighted by Crippen LogP contribution is -2.74. The van der Waals surface area contributed by atoms with Crippen LogP contribution in [0, 0.1) is 5.41 Å². The Labute approximate surface area is 233 Å². The molecule has 17 nitrogen and oxygen atoms in total. The van der Waals surface area contributed by atoms with Crippen molar-refractivity contribution in [2.75, 3.05) is 37.4 Å². The van der Waals surface area contributed by atoms with Gasteiger partial charge in [0, 0.05) is 49.6 Å². The second-order valence-electron chi connectivity index (χ2n) is 8.59. The van der Waals surface area contributed by atoms with E-state index in [0.29, 0.717) is 24.7 Å². The molecule has 2 fully saturated rings. The largest absolute Gasteiger partial charge is 0.481 e. The number of aryl methyl sites for hydroxylation is 1. The molecule has 3 amide bonds. The summed E-state index contributed by atoms with van der Waals surface area (Å²) >= 11 is 3.33. The van der Waals surface area contributed by atoms with Crippen LogP contribution in [0.5, 0.6) is 0 Å².